The van der Waals surface area contributed by atoms with Crippen LogP contribution in [0, 0.1) is 0 Å². The van der Waals surface area contributed by atoms with Crippen LogP contribution in [0.1, 0.15) is 181 Å². The fourth-order valence-corrected chi connectivity index (χ4v) is 4.85. The van der Waals surface area contributed by atoms with E-state index in [4.69, 9.17) is 0 Å². The highest BCUT2D eigenvalue weighted by Crippen LogP contribution is 2.14. The second-order valence-corrected chi connectivity index (χ2v) is 11.3. The molecule has 0 bridgehead atoms. The Balaban J connectivity index is 0. The van der Waals surface area contributed by atoms with Crippen LogP contribution in [0.15, 0.2) is 12.7 Å². The van der Waals surface area contributed by atoms with Crippen LogP contribution < -0.4 is 0 Å². The van der Waals surface area contributed by atoms with Crippen LogP contribution in [-0.2, 0) is 0 Å². The van der Waals surface area contributed by atoms with Gasteiger partial charge in [0.2, 0.25) is 0 Å². The minimum absolute atomic E-state index is 0.561. The quantitative estimate of drug-likeness (QED) is 0.0384. The average molecular weight is 595 g/mol. The maximum atomic E-state index is 12.9. The van der Waals surface area contributed by atoms with Crippen LogP contribution in [0.3, 0.4) is 0 Å². The number of unbranched alkanes of at least 4 members (excludes halogenated alkanes) is 23. The average Bonchev–Trinajstić information content (AvgIpc) is 2.85. The molecule has 0 aliphatic rings. The first-order valence-corrected chi connectivity index (χ1v) is 17.1. The SMILES string of the molecule is C=CCCCCCCCCCCCCCC.CCCCCCCCCCCCCCC(F)CI. The second-order valence-electron chi connectivity index (χ2n) is 10.4. The van der Waals surface area contributed by atoms with Crippen molar-refractivity contribution in [3.8, 4) is 0 Å². The topological polar surface area (TPSA) is 0 Å². The summed E-state index contributed by atoms with van der Waals surface area (Å²) in [6, 6.07) is 0. The van der Waals surface area contributed by atoms with Gasteiger partial charge in [0.15, 0.2) is 0 Å². The van der Waals surface area contributed by atoms with E-state index in [1.54, 1.807) is 0 Å². The lowest BCUT2D eigenvalue weighted by Crippen LogP contribution is -2.00. The Kier molecular flexibility index (Phi) is 38.2. The predicted molar refractivity (Wildman–Crippen MR) is 165 cm³/mol. The highest BCUT2D eigenvalue weighted by Gasteiger charge is 2.02. The molecule has 0 spiro atoms. The molecule has 1 atom stereocenters. The Morgan fingerprint density at radius 3 is 1.12 bits per heavy atom. The summed E-state index contributed by atoms with van der Waals surface area (Å²) in [5.41, 5.74) is 0. The lowest BCUT2D eigenvalue weighted by Gasteiger charge is -2.04. The number of rotatable bonds is 27. The molecule has 0 aromatic rings. The molecule has 206 valence electrons. The summed E-state index contributed by atoms with van der Waals surface area (Å²) in [5.74, 6) is 0. The molecule has 0 aliphatic carbocycles. The molecule has 0 aromatic carbocycles. The molecule has 0 nitrogen and oxygen atoms in total. The van der Waals surface area contributed by atoms with E-state index in [0.29, 0.717) is 4.43 Å². The van der Waals surface area contributed by atoms with Crippen molar-refractivity contribution in [2.75, 3.05) is 4.43 Å². The van der Waals surface area contributed by atoms with Gasteiger partial charge in [-0.3, -0.25) is 0 Å². The van der Waals surface area contributed by atoms with E-state index in [0.717, 1.165) is 12.8 Å². The minimum Gasteiger partial charge on any atom is -0.247 e. The number of hydrogen-bond acceptors (Lipinski definition) is 0. The maximum absolute atomic E-state index is 12.9. The van der Waals surface area contributed by atoms with Crippen LogP contribution in [0.25, 0.3) is 0 Å². The summed E-state index contributed by atoms with van der Waals surface area (Å²) in [6.07, 6.45) is 36.9. The standard InChI is InChI=1S/C16H32FI.C16H32/c1-2-3-4-5-6-7-8-9-10-11-12-13-14-16(17)15-18;1-3-5-7-9-11-13-15-16-14-12-10-8-6-4-2/h16H,2-15H2,1H3;3H,1,4-16H2,2H3. The van der Waals surface area contributed by atoms with E-state index in [1.165, 1.54) is 154 Å². The van der Waals surface area contributed by atoms with Crippen molar-refractivity contribution < 1.29 is 4.39 Å². The zero-order valence-corrected chi connectivity index (χ0v) is 25.9. The molecule has 2 heteroatoms. The third-order valence-corrected chi connectivity index (χ3v) is 7.76. The monoisotopic (exact) mass is 594 g/mol. The van der Waals surface area contributed by atoms with Gasteiger partial charge in [0.1, 0.15) is 6.17 Å². The van der Waals surface area contributed by atoms with E-state index in [1.807, 2.05) is 6.08 Å². The van der Waals surface area contributed by atoms with Gasteiger partial charge in [-0.1, -0.05) is 190 Å². The predicted octanol–water partition coefficient (Wildman–Crippen LogP) is 13.1. The van der Waals surface area contributed by atoms with Gasteiger partial charge in [-0.25, -0.2) is 4.39 Å². The Bertz CT molecular complexity index is 344. The Hall–Kier alpha value is 0.400. The molecule has 0 aromatic heterocycles. The van der Waals surface area contributed by atoms with Crippen molar-refractivity contribution in [3.63, 3.8) is 0 Å². The van der Waals surface area contributed by atoms with Gasteiger partial charge < -0.3 is 0 Å². The van der Waals surface area contributed by atoms with Crippen LogP contribution in [0.2, 0.25) is 0 Å². The molecule has 0 rings (SSSR count). The van der Waals surface area contributed by atoms with Gasteiger partial charge in [0, 0.05) is 4.43 Å². The van der Waals surface area contributed by atoms with E-state index >= 15 is 0 Å². The highest BCUT2D eigenvalue weighted by atomic mass is 127. The Morgan fingerprint density at radius 1 is 0.529 bits per heavy atom. The molecule has 34 heavy (non-hydrogen) atoms. The van der Waals surface area contributed by atoms with Crippen LogP contribution in [0.5, 0.6) is 0 Å². The number of halogens is 2. The summed E-state index contributed by atoms with van der Waals surface area (Å²) in [4.78, 5) is 0. The van der Waals surface area contributed by atoms with E-state index in [-0.39, 0.29) is 0 Å². The third kappa shape index (κ3) is 37.0. The normalized spacial score (nSPS) is 11.8. The molecular formula is C32H64FI. The highest BCUT2D eigenvalue weighted by molar-refractivity contribution is 14.1. The van der Waals surface area contributed by atoms with Crippen molar-refractivity contribution in [2.24, 2.45) is 0 Å². The molecule has 0 fully saturated rings. The summed E-state index contributed by atoms with van der Waals surface area (Å²) in [7, 11) is 0. The van der Waals surface area contributed by atoms with Crippen LogP contribution in [-0.4, -0.2) is 10.6 Å². The zero-order valence-electron chi connectivity index (χ0n) is 23.7. The number of hydrogen-bond donors (Lipinski definition) is 0. The van der Waals surface area contributed by atoms with E-state index in [2.05, 4.69) is 43.0 Å². The number of alkyl halides is 2. The van der Waals surface area contributed by atoms with Crippen LogP contribution >= 0.6 is 22.6 Å². The Labute approximate surface area is 230 Å². The van der Waals surface area contributed by atoms with Crippen molar-refractivity contribution in [2.45, 2.75) is 187 Å². The fraction of sp³-hybridized carbons (Fsp3) is 0.938. The fourth-order valence-electron chi connectivity index (χ4n) is 4.41. The van der Waals surface area contributed by atoms with Gasteiger partial charge in [-0.15, -0.1) is 6.58 Å². The third-order valence-electron chi connectivity index (χ3n) is 6.80. The van der Waals surface area contributed by atoms with Gasteiger partial charge in [0.05, 0.1) is 0 Å². The minimum atomic E-state index is -0.561. The zero-order chi connectivity index (χ0) is 25.4. The first-order valence-electron chi connectivity index (χ1n) is 15.5. The Morgan fingerprint density at radius 2 is 0.824 bits per heavy atom. The van der Waals surface area contributed by atoms with Crippen molar-refractivity contribution in [1.29, 1.82) is 0 Å². The lowest BCUT2D eigenvalue weighted by molar-refractivity contribution is 0.339. The van der Waals surface area contributed by atoms with Crippen LogP contribution in [0.4, 0.5) is 4.39 Å². The lowest BCUT2D eigenvalue weighted by atomic mass is 10.0. The van der Waals surface area contributed by atoms with Crippen molar-refractivity contribution in [1.82, 2.24) is 0 Å². The van der Waals surface area contributed by atoms with Gasteiger partial charge in [-0.2, -0.15) is 0 Å². The summed E-state index contributed by atoms with van der Waals surface area (Å²) in [6.45, 7) is 8.30. The molecule has 0 heterocycles. The maximum Gasteiger partial charge on any atom is 0.109 e. The molecule has 0 saturated carbocycles. The summed E-state index contributed by atoms with van der Waals surface area (Å²) < 4.78 is 13.6. The molecule has 0 amide bonds. The molecule has 0 aliphatic heterocycles. The smallest absolute Gasteiger partial charge is 0.109 e. The van der Waals surface area contributed by atoms with Gasteiger partial charge in [0.25, 0.3) is 0 Å². The molecular weight excluding hydrogens is 530 g/mol. The molecule has 0 radical (unpaired) electrons. The largest absolute Gasteiger partial charge is 0.247 e. The van der Waals surface area contributed by atoms with Crippen molar-refractivity contribution >= 4 is 22.6 Å². The summed E-state index contributed by atoms with van der Waals surface area (Å²) >= 11 is 2.13. The van der Waals surface area contributed by atoms with Crippen molar-refractivity contribution in [3.05, 3.63) is 12.7 Å². The van der Waals surface area contributed by atoms with Gasteiger partial charge in [-0.05, 0) is 19.3 Å². The molecule has 1 unspecified atom stereocenters. The second kappa shape index (κ2) is 35.6. The first-order chi connectivity index (χ1) is 16.7. The molecule has 0 saturated heterocycles. The first kappa shape index (κ1) is 36.6. The van der Waals surface area contributed by atoms with Gasteiger partial charge >= 0.3 is 0 Å². The van der Waals surface area contributed by atoms with E-state index in [9.17, 15) is 4.39 Å². The van der Waals surface area contributed by atoms with E-state index < -0.39 is 6.17 Å². The summed E-state index contributed by atoms with van der Waals surface area (Å²) in [5, 5.41) is 0. The molecule has 0 N–H and O–H groups in total. The number of allylic oxidation sites excluding steroid dienone is 1.